The Labute approximate surface area is 142 Å². The zero-order valence-corrected chi connectivity index (χ0v) is 14.4. The molecule has 6 nitrogen and oxygen atoms in total. The van der Waals surface area contributed by atoms with Gasteiger partial charge in [0.05, 0.1) is 24.4 Å². The zero-order chi connectivity index (χ0) is 17.1. The standard InChI is InChI=1S/C18H25N3O3/c1-13(17-5-3-14(2)24-17)7-8-20-9-10-21-16(12-20)11-15(19-21)4-6-18(22)23/h3,5,11,13H,4,6-10,12H2,1-2H3,(H,22,23)/t13-/m0/s1. The highest BCUT2D eigenvalue weighted by Crippen LogP contribution is 2.23. The quantitative estimate of drug-likeness (QED) is 0.845. The number of aromatic nitrogens is 2. The average Bonchev–Trinajstić information content (AvgIpc) is 3.15. The van der Waals surface area contributed by atoms with Gasteiger partial charge in [-0.15, -0.1) is 0 Å². The van der Waals surface area contributed by atoms with E-state index in [1.165, 1.54) is 5.69 Å². The molecule has 0 bridgehead atoms. The molecule has 0 radical (unpaired) electrons. The minimum atomic E-state index is -0.773. The summed E-state index contributed by atoms with van der Waals surface area (Å²) in [6, 6.07) is 6.14. The second-order valence-corrected chi connectivity index (χ2v) is 6.66. The topological polar surface area (TPSA) is 71.5 Å². The Bertz CT molecular complexity index is 704. The number of carbonyl (C=O) groups is 1. The van der Waals surface area contributed by atoms with Gasteiger partial charge in [0.2, 0.25) is 0 Å². The first kappa shape index (κ1) is 16.8. The first-order valence-corrected chi connectivity index (χ1v) is 8.57. The predicted molar refractivity (Wildman–Crippen MR) is 89.9 cm³/mol. The van der Waals surface area contributed by atoms with Crippen LogP contribution in [-0.2, 0) is 24.3 Å². The van der Waals surface area contributed by atoms with Crippen molar-refractivity contribution in [3.63, 3.8) is 0 Å². The van der Waals surface area contributed by atoms with Crippen molar-refractivity contribution in [3.8, 4) is 0 Å². The van der Waals surface area contributed by atoms with Gasteiger partial charge < -0.3 is 9.52 Å². The Hall–Kier alpha value is -2.08. The number of nitrogens with zero attached hydrogens (tertiary/aromatic N) is 3. The van der Waals surface area contributed by atoms with Crippen LogP contribution in [0.1, 0.15) is 48.6 Å². The lowest BCUT2D eigenvalue weighted by molar-refractivity contribution is -0.136. The minimum Gasteiger partial charge on any atom is -0.481 e. The van der Waals surface area contributed by atoms with E-state index in [2.05, 4.69) is 29.1 Å². The van der Waals surface area contributed by atoms with Crippen LogP contribution in [0.2, 0.25) is 0 Å². The minimum absolute atomic E-state index is 0.139. The van der Waals surface area contributed by atoms with E-state index in [-0.39, 0.29) is 6.42 Å². The van der Waals surface area contributed by atoms with Gasteiger partial charge in [0.25, 0.3) is 0 Å². The van der Waals surface area contributed by atoms with Gasteiger partial charge in [-0.2, -0.15) is 5.10 Å². The fourth-order valence-corrected chi connectivity index (χ4v) is 3.16. The summed E-state index contributed by atoms with van der Waals surface area (Å²) < 4.78 is 7.73. The second kappa shape index (κ2) is 7.21. The summed E-state index contributed by atoms with van der Waals surface area (Å²) in [6.45, 7) is 7.94. The molecule has 0 saturated heterocycles. The molecular weight excluding hydrogens is 306 g/mol. The second-order valence-electron chi connectivity index (χ2n) is 6.66. The van der Waals surface area contributed by atoms with Gasteiger partial charge in [-0.1, -0.05) is 6.92 Å². The molecule has 1 aliphatic heterocycles. The van der Waals surface area contributed by atoms with E-state index in [1.807, 2.05) is 17.7 Å². The van der Waals surface area contributed by atoms with Crippen molar-refractivity contribution in [1.82, 2.24) is 14.7 Å². The Morgan fingerprint density at radius 3 is 2.96 bits per heavy atom. The van der Waals surface area contributed by atoms with E-state index in [0.29, 0.717) is 12.3 Å². The lowest BCUT2D eigenvalue weighted by Crippen LogP contribution is -2.34. The molecule has 0 fully saturated rings. The summed E-state index contributed by atoms with van der Waals surface area (Å²) in [7, 11) is 0. The maximum Gasteiger partial charge on any atom is 0.303 e. The normalized spacial score (nSPS) is 16.1. The number of aryl methyl sites for hydroxylation is 2. The van der Waals surface area contributed by atoms with Gasteiger partial charge in [0.1, 0.15) is 11.5 Å². The van der Waals surface area contributed by atoms with Gasteiger partial charge in [0.15, 0.2) is 0 Å². The van der Waals surface area contributed by atoms with Crippen LogP contribution in [0.3, 0.4) is 0 Å². The van der Waals surface area contributed by atoms with Crippen LogP contribution in [0.5, 0.6) is 0 Å². The molecule has 0 aromatic carbocycles. The molecule has 0 amide bonds. The molecular formula is C18H25N3O3. The van der Waals surface area contributed by atoms with E-state index in [1.54, 1.807) is 0 Å². The molecule has 3 rings (SSSR count). The molecule has 0 saturated carbocycles. The van der Waals surface area contributed by atoms with Crippen LogP contribution in [0.25, 0.3) is 0 Å². The van der Waals surface area contributed by atoms with E-state index in [0.717, 1.165) is 49.8 Å². The molecule has 1 aliphatic rings. The van der Waals surface area contributed by atoms with Crippen molar-refractivity contribution in [3.05, 3.63) is 41.1 Å². The maximum atomic E-state index is 10.7. The molecule has 3 heterocycles. The number of hydrogen-bond donors (Lipinski definition) is 1. The van der Waals surface area contributed by atoms with E-state index in [4.69, 9.17) is 9.52 Å². The Morgan fingerprint density at radius 1 is 1.42 bits per heavy atom. The highest BCUT2D eigenvalue weighted by Gasteiger charge is 2.20. The fourth-order valence-electron chi connectivity index (χ4n) is 3.16. The molecule has 1 N–H and O–H groups in total. The monoisotopic (exact) mass is 331 g/mol. The highest BCUT2D eigenvalue weighted by molar-refractivity contribution is 5.66. The van der Waals surface area contributed by atoms with Gasteiger partial charge >= 0.3 is 5.97 Å². The highest BCUT2D eigenvalue weighted by atomic mass is 16.4. The Kier molecular flexibility index (Phi) is 5.04. The predicted octanol–water partition coefficient (Wildman–Crippen LogP) is 2.81. The van der Waals surface area contributed by atoms with Crippen molar-refractivity contribution in [2.24, 2.45) is 0 Å². The van der Waals surface area contributed by atoms with Crippen molar-refractivity contribution < 1.29 is 14.3 Å². The number of furan rings is 1. The van der Waals surface area contributed by atoms with Crippen LogP contribution < -0.4 is 0 Å². The molecule has 0 spiro atoms. The third-order valence-corrected chi connectivity index (χ3v) is 4.65. The first-order valence-electron chi connectivity index (χ1n) is 8.57. The third kappa shape index (κ3) is 4.06. The number of carboxylic acids is 1. The largest absolute Gasteiger partial charge is 0.481 e. The summed E-state index contributed by atoms with van der Waals surface area (Å²) in [5.74, 6) is 1.67. The average molecular weight is 331 g/mol. The van der Waals surface area contributed by atoms with Crippen LogP contribution in [-0.4, -0.2) is 38.8 Å². The van der Waals surface area contributed by atoms with E-state index in [9.17, 15) is 4.79 Å². The van der Waals surface area contributed by atoms with Crippen LogP contribution in [0, 0.1) is 6.92 Å². The number of hydrogen-bond acceptors (Lipinski definition) is 4. The van der Waals surface area contributed by atoms with Crippen molar-refractivity contribution >= 4 is 5.97 Å². The smallest absolute Gasteiger partial charge is 0.303 e. The van der Waals surface area contributed by atoms with Gasteiger partial charge in [-0.3, -0.25) is 14.4 Å². The van der Waals surface area contributed by atoms with Crippen molar-refractivity contribution in [1.29, 1.82) is 0 Å². The zero-order valence-electron chi connectivity index (χ0n) is 14.4. The lowest BCUT2D eigenvalue weighted by Gasteiger charge is -2.28. The van der Waals surface area contributed by atoms with Gasteiger partial charge in [-0.05, 0) is 38.1 Å². The van der Waals surface area contributed by atoms with E-state index >= 15 is 0 Å². The number of rotatable bonds is 7. The number of fused-ring (bicyclic) bond motifs is 1. The Balaban J connectivity index is 1.52. The lowest BCUT2D eigenvalue weighted by atomic mass is 10.0. The molecule has 0 aliphatic carbocycles. The molecule has 0 unspecified atom stereocenters. The summed E-state index contributed by atoms with van der Waals surface area (Å²) >= 11 is 0. The number of carboxylic acid groups (broad SMARTS) is 1. The van der Waals surface area contributed by atoms with Crippen LogP contribution >= 0.6 is 0 Å². The fraction of sp³-hybridized carbons (Fsp3) is 0.556. The number of aliphatic carboxylic acids is 1. The third-order valence-electron chi connectivity index (χ3n) is 4.65. The molecule has 24 heavy (non-hydrogen) atoms. The van der Waals surface area contributed by atoms with Crippen LogP contribution in [0.4, 0.5) is 0 Å². The summed E-state index contributed by atoms with van der Waals surface area (Å²) in [5, 5.41) is 13.3. The van der Waals surface area contributed by atoms with Crippen molar-refractivity contribution in [2.45, 2.75) is 52.1 Å². The van der Waals surface area contributed by atoms with Gasteiger partial charge in [0, 0.05) is 25.4 Å². The molecule has 6 heteroatoms. The SMILES string of the molecule is Cc1ccc([C@@H](C)CCN2CCn3nc(CCC(=O)O)cc3C2)o1. The first-order chi connectivity index (χ1) is 11.5. The molecule has 2 aromatic heterocycles. The van der Waals surface area contributed by atoms with E-state index < -0.39 is 5.97 Å². The summed E-state index contributed by atoms with van der Waals surface area (Å²) in [4.78, 5) is 13.1. The summed E-state index contributed by atoms with van der Waals surface area (Å²) in [5.41, 5.74) is 2.07. The summed E-state index contributed by atoms with van der Waals surface area (Å²) in [6.07, 6.45) is 1.71. The van der Waals surface area contributed by atoms with Gasteiger partial charge in [-0.25, -0.2) is 0 Å². The molecule has 1 atom stereocenters. The Morgan fingerprint density at radius 2 is 2.25 bits per heavy atom. The molecule has 2 aromatic rings. The van der Waals surface area contributed by atoms with Crippen LogP contribution in [0.15, 0.2) is 22.6 Å². The molecule has 130 valence electrons. The van der Waals surface area contributed by atoms with Crippen molar-refractivity contribution in [2.75, 3.05) is 13.1 Å². The maximum absolute atomic E-state index is 10.7.